The van der Waals surface area contributed by atoms with Crippen LogP contribution >= 0.6 is 0 Å². The lowest BCUT2D eigenvalue weighted by atomic mass is 9.58. The van der Waals surface area contributed by atoms with Crippen LogP contribution in [-0.2, 0) is 14.3 Å². The number of rotatable bonds is 9. The van der Waals surface area contributed by atoms with Gasteiger partial charge in [-0.25, -0.2) is 0 Å². The molecule has 0 radical (unpaired) electrons. The van der Waals surface area contributed by atoms with E-state index in [-0.39, 0.29) is 29.9 Å². The van der Waals surface area contributed by atoms with Crippen molar-refractivity contribution in [1.82, 2.24) is 4.90 Å². The van der Waals surface area contributed by atoms with E-state index >= 15 is 0 Å². The summed E-state index contributed by atoms with van der Waals surface area (Å²) in [7, 11) is 3.62. The summed E-state index contributed by atoms with van der Waals surface area (Å²) in [6, 6.07) is 0.240. The molecule has 0 spiro atoms. The van der Waals surface area contributed by atoms with E-state index in [4.69, 9.17) is 9.84 Å². The molecule has 1 N–H and O–H groups in total. The largest absolute Gasteiger partial charge is 0.481 e. The predicted molar refractivity (Wildman–Crippen MR) is 81.1 cm³/mol. The fraction of sp³-hybridized carbons (Fsp3) is 0.875. The zero-order valence-electron chi connectivity index (χ0n) is 13.7. The molecule has 2 unspecified atom stereocenters. The number of unbranched alkanes of at least 4 members (excludes halogenated alkanes) is 1. The zero-order chi connectivity index (χ0) is 16.0. The number of carboxylic acids is 1. The number of methoxy groups -OCH3 is 1. The topological polar surface area (TPSA) is 66.8 Å². The number of hydrogen-bond donors (Lipinski definition) is 1. The molecule has 1 saturated carbocycles. The maximum atomic E-state index is 12.3. The average molecular weight is 299 g/mol. The minimum Gasteiger partial charge on any atom is -0.481 e. The highest BCUT2D eigenvalue weighted by Gasteiger charge is 2.55. The molecule has 1 amide bonds. The van der Waals surface area contributed by atoms with Crippen molar-refractivity contribution >= 4 is 11.9 Å². The lowest BCUT2D eigenvalue weighted by Crippen LogP contribution is -2.64. The Morgan fingerprint density at radius 2 is 1.81 bits per heavy atom. The molecule has 21 heavy (non-hydrogen) atoms. The zero-order valence-corrected chi connectivity index (χ0v) is 13.7. The molecule has 122 valence electrons. The molecule has 1 aliphatic rings. The van der Waals surface area contributed by atoms with Gasteiger partial charge in [-0.15, -0.1) is 0 Å². The van der Waals surface area contributed by atoms with Gasteiger partial charge in [0.15, 0.2) is 0 Å². The van der Waals surface area contributed by atoms with Gasteiger partial charge in [0, 0.05) is 38.5 Å². The van der Waals surface area contributed by atoms with E-state index in [2.05, 4.69) is 13.8 Å². The Labute approximate surface area is 127 Å². The minimum atomic E-state index is -0.797. The molecule has 0 aromatic carbocycles. The summed E-state index contributed by atoms with van der Waals surface area (Å²) in [4.78, 5) is 24.6. The van der Waals surface area contributed by atoms with Gasteiger partial charge in [-0.05, 0) is 32.1 Å². The van der Waals surface area contributed by atoms with Gasteiger partial charge in [0.05, 0.1) is 6.10 Å². The number of amides is 1. The van der Waals surface area contributed by atoms with E-state index in [1.54, 1.807) is 7.11 Å². The maximum absolute atomic E-state index is 12.3. The van der Waals surface area contributed by atoms with Gasteiger partial charge in [0.25, 0.3) is 0 Å². The molecule has 2 atom stereocenters. The van der Waals surface area contributed by atoms with Crippen molar-refractivity contribution in [3.05, 3.63) is 0 Å². The summed E-state index contributed by atoms with van der Waals surface area (Å²) in [5, 5.41) is 8.60. The molecule has 0 heterocycles. The summed E-state index contributed by atoms with van der Waals surface area (Å²) < 4.78 is 5.57. The predicted octanol–water partition coefficient (Wildman–Crippen LogP) is 2.68. The second-order valence-corrected chi connectivity index (χ2v) is 6.02. The van der Waals surface area contributed by atoms with Crippen LogP contribution in [0.2, 0.25) is 0 Å². The molecule has 0 saturated heterocycles. The first kappa shape index (κ1) is 18.0. The number of nitrogens with zero attached hydrogens (tertiary/aromatic N) is 1. The Hall–Kier alpha value is -1.10. The van der Waals surface area contributed by atoms with Crippen LogP contribution in [0.5, 0.6) is 0 Å². The summed E-state index contributed by atoms with van der Waals surface area (Å²) in [6.07, 6.45) is 4.91. The fourth-order valence-electron chi connectivity index (χ4n) is 3.68. The minimum absolute atomic E-state index is 0.0697. The number of carbonyl (C=O) groups excluding carboxylic acids is 1. The Morgan fingerprint density at radius 3 is 2.29 bits per heavy atom. The highest BCUT2D eigenvalue weighted by molar-refractivity contribution is 5.76. The number of hydrogen-bond acceptors (Lipinski definition) is 3. The number of aliphatic carboxylic acids is 1. The lowest BCUT2D eigenvalue weighted by Gasteiger charge is -2.57. The lowest BCUT2D eigenvalue weighted by molar-refractivity contribution is -0.170. The van der Waals surface area contributed by atoms with Crippen molar-refractivity contribution in [2.75, 3.05) is 14.2 Å². The van der Waals surface area contributed by atoms with E-state index in [9.17, 15) is 9.59 Å². The van der Waals surface area contributed by atoms with E-state index in [0.717, 1.165) is 19.3 Å². The Kier molecular flexibility index (Phi) is 6.65. The first-order valence-corrected chi connectivity index (χ1v) is 7.93. The Bertz CT molecular complexity index is 365. The highest BCUT2D eigenvalue weighted by Crippen LogP contribution is 2.50. The average Bonchev–Trinajstić information content (AvgIpc) is 2.44. The highest BCUT2D eigenvalue weighted by atomic mass is 16.5. The maximum Gasteiger partial charge on any atom is 0.303 e. The van der Waals surface area contributed by atoms with Crippen molar-refractivity contribution in [3.8, 4) is 0 Å². The second-order valence-electron chi connectivity index (χ2n) is 6.02. The van der Waals surface area contributed by atoms with Crippen molar-refractivity contribution in [1.29, 1.82) is 0 Å². The monoisotopic (exact) mass is 299 g/mol. The molecular weight excluding hydrogens is 270 g/mol. The van der Waals surface area contributed by atoms with Gasteiger partial charge in [-0.3, -0.25) is 9.59 Å². The van der Waals surface area contributed by atoms with Crippen molar-refractivity contribution in [2.45, 2.75) is 70.9 Å². The number of ether oxygens (including phenoxy) is 1. The van der Waals surface area contributed by atoms with Crippen LogP contribution in [0.1, 0.15) is 58.8 Å². The SMILES string of the molecule is CCC1(CC)C(OC)CC1N(C)C(=O)CCCCC(=O)O. The van der Waals surface area contributed by atoms with Gasteiger partial charge < -0.3 is 14.7 Å². The molecule has 0 aromatic heterocycles. The molecule has 5 nitrogen and oxygen atoms in total. The normalized spacial score (nSPS) is 23.4. The van der Waals surface area contributed by atoms with E-state index < -0.39 is 5.97 Å². The third-order valence-corrected chi connectivity index (χ3v) is 5.24. The van der Waals surface area contributed by atoms with Crippen molar-refractivity contribution in [3.63, 3.8) is 0 Å². The van der Waals surface area contributed by atoms with Gasteiger partial charge in [-0.2, -0.15) is 0 Å². The van der Waals surface area contributed by atoms with Crippen LogP contribution in [0.15, 0.2) is 0 Å². The standard InChI is InChI=1S/C16H29NO4/c1-5-16(6-2)12(11-13(16)21-4)17(3)14(18)9-7-8-10-15(19)20/h12-13H,5-11H2,1-4H3,(H,19,20). The van der Waals surface area contributed by atoms with Crippen molar-refractivity contribution in [2.24, 2.45) is 5.41 Å². The molecule has 0 aromatic rings. The molecule has 1 rings (SSSR count). The quantitative estimate of drug-likeness (QED) is 0.665. The summed E-state index contributed by atoms with van der Waals surface area (Å²) in [6.45, 7) is 4.32. The molecule has 0 aliphatic heterocycles. The Morgan fingerprint density at radius 1 is 1.24 bits per heavy atom. The van der Waals surface area contributed by atoms with Gasteiger partial charge in [0.1, 0.15) is 0 Å². The van der Waals surface area contributed by atoms with Gasteiger partial charge in [0.2, 0.25) is 5.91 Å². The van der Waals surface area contributed by atoms with Crippen LogP contribution in [0.3, 0.4) is 0 Å². The summed E-state index contributed by atoms with van der Waals surface area (Å²) in [5.74, 6) is -0.681. The smallest absolute Gasteiger partial charge is 0.303 e. The van der Waals surface area contributed by atoms with Crippen LogP contribution in [0.25, 0.3) is 0 Å². The fourth-order valence-corrected chi connectivity index (χ4v) is 3.68. The van der Waals surface area contributed by atoms with E-state index in [0.29, 0.717) is 19.3 Å². The summed E-state index contributed by atoms with van der Waals surface area (Å²) in [5.41, 5.74) is 0.0697. The van der Waals surface area contributed by atoms with E-state index in [1.807, 2.05) is 11.9 Å². The molecule has 1 aliphatic carbocycles. The number of carbonyl (C=O) groups is 2. The van der Waals surface area contributed by atoms with Crippen LogP contribution in [-0.4, -0.2) is 48.2 Å². The summed E-state index contributed by atoms with van der Waals surface area (Å²) >= 11 is 0. The van der Waals surface area contributed by atoms with Gasteiger partial charge in [-0.1, -0.05) is 13.8 Å². The Balaban J connectivity index is 2.52. The first-order valence-electron chi connectivity index (χ1n) is 7.93. The molecular formula is C16H29NO4. The first-order chi connectivity index (χ1) is 9.92. The van der Waals surface area contributed by atoms with Crippen LogP contribution < -0.4 is 0 Å². The van der Waals surface area contributed by atoms with Crippen LogP contribution in [0.4, 0.5) is 0 Å². The van der Waals surface area contributed by atoms with Gasteiger partial charge >= 0.3 is 5.97 Å². The third kappa shape index (κ3) is 3.76. The van der Waals surface area contributed by atoms with Crippen molar-refractivity contribution < 1.29 is 19.4 Å². The molecule has 5 heteroatoms. The third-order valence-electron chi connectivity index (χ3n) is 5.24. The number of carboxylic acid groups (broad SMARTS) is 1. The van der Waals surface area contributed by atoms with Crippen LogP contribution in [0, 0.1) is 5.41 Å². The second kappa shape index (κ2) is 7.78. The van der Waals surface area contributed by atoms with E-state index in [1.165, 1.54) is 0 Å². The molecule has 1 fully saturated rings. The molecule has 0 bridgehead atoms.